The lowest BCUT2D eigenvalue weighted by atomic mass is 10.2. The van der Waals surface area contributed by atoms with Crippen LogP contribution in [0.1, 0.15) is 5.56 Å². The molecular weight excluding hydrogens is 178 g/mol. The van der Waals surface area contributed by atoms with Crippen LogP contribution in [0.2, 0.25) is 5.02 Å². The Kier molecular flexibility index (Phi) is 2.55. The van der Waals surface area contributed by atoms with Gasteiger partial charge in [-0.05, 0) is 24.6 Å². The Hall–Kier alpha value is -1.22. The monoisotopic (exact) mass is 185 g/mol. The van der Waals surface area contributed by atoms with Crippen LogP contribution in [0.25, 0.3) is 0 Å². The zero-order chi connectivity index (χ0) is 9.14. The van der Waals surface area contributed by atoms with E-state index in [0.717, 1.165) is 0 Å². The second-order valence-corrected chi connectivity index (χ2v) is 2.82. The second-order valence-electron chi connectivity index (χ2n) is 2.38. The summed E-state index contributed by atoms with van der Waals surface area (Å²) in [5.41, 5.74) is 0.960. The number of hydrogen-bond acceptors (Lipinski definition) is 2. The van der Waals surface area contributed by atoms with Crippen LogP contribution in [-0.4, -0.2) is 11.5 Å². The fourth-order valence-corrected chi connectivity index (χ4v) is 1.18. The molecule has 0 bridgehead atoms. The molecule has 4 heteroatoms. The highest BCUT2D eigenvalue weighted by Crippen LogP contribution is 2.30. The number of amides is 1. The molecule has 0 spiro atoms. The number of carbonyl (C=O) groups is 1. The third kappa shape index (κ3) is 1.68. The van der Waals surface area contributed by atoms with Crippen molar-refractivity contribution >= 4 is 23.7 Å². The Bertz CT molecular complexity index is 312. The summed E-state index contributed by atoms with van der Waals surface area (Å²) in [6, 6.07) is 3.10. The largest absolute Gasteiger partial charge is 0.505 e. The lowest BCUT2D eigenvalue weighted by molar-refractivity contribution is -0.105. The average Bonchev–Trinajstić information content (AvgIpc) is 2.00. The van der Waals surface area contributed by atoms with E-state index >= 15 is 0 Å². The molecule has 2 N–H and O–H groups in total. The van der Waals surface area contributed by atoms with Gasteiger partial charge in [-0.25, -0.2) is 0 Å². The maximum absolute atomic E-state index is 10.1. The van der Waals surface area contributed by atoms with Crippen molar-refractivity contribution in [1.29, 1.82) is 0 Å². The molecule has 1 aromatic carbocycles. The van der Waals surface area contributed by atoms with Gasteiger partial charge in [-0.2, -0.15) is 0 Å². The van der Waals surface area contributed by atoms with E-state index in [0.29, 0.717) is 22.7 Å². The molecule has 0 aliphatic carbocycles. The summed E-state index contributed by atoms with van der Waals surface area (Å²) in [7, 11) is 0. The van der Waals surface area contributed by atoms with Gasteiger partial charge in [0.1, 0.15) is 5.75 Å². The first-order valence-corrected chi connectivity index (χ1v) is 3.72. The fraction of sp³-hybridized carbons (Fsp3) is 0.125. The van der Waals surface area contributed by atoms with E-state index in [1.165, 1.54) is 6.07 Å². The van der Waals surface area contributed by atoms with Gasteiger partial charge < -0.3 is 10.4 Å². The number of aryl methyl sites for hydroxylation is 1. The third-order valence-corrected chi connectivity index (χ3v) is 1.70. The molecule has 0 aliphatic rings. The standard InChI is InChI=1S/C8H8ClNO2/c1-5-2-6(9)3-7(8(5)12)10-4-11/h2-4,12H,1H3,(H,10,11). The van der Waals surface area contributed by atoms with Gasteiger partial charge in [0.05, 0.1) is 5.69 Å². The van der Waals surface area contributed by atoms with Crippen LogP contribution >= 0.6 is 11.6 Å². The molecule has 1 amide bonds. The molecule has 0 fully saturated rings. The molecule has 12 heavy (non-hydrogen) atoms. The number of carbonyl (C=O) groups excluding carboxylic acids is 1. The topological polar surface area (TPSA) is 49.3 Å². The summed E-state index contributed by atoms with van der Waals surface area (Å²) in [6.07, 6.45) is 0.491. The Balaban J connectivity index is 3.17. The summed E-state index contributed by atoms with van der Waals surface area (Å²) < 4.78 is 0. The first kappa shape index (κ1) is 8.87. The van der Waals surface area contributed by atoms with E-state index in [9.17, 15) is 9.90 Å². The number of hydrogen-bond donors (Lipinski definition) is 2. The molecule has 0 saturated heterocycles. The number of benzene rings is 1. The maximum Gasteiger partial charge on any atom is 0.211 e. The van der Waals surface area contributed by atoms with Gasteiger partial charge >= 0.3 is 0 Å². The van der Waals surface area contributed by atoms with Crippen molar-refractivity contribution in [3.63, 3.8) is 0 Å². The van der Waals surface area contributed by atoms with Gasteiger partial charge in [0, 0.05) is 5.02 Å². The van der Waals surface area contributed by atoms with E-state index in [1.807, 2.05) is 0 Å². The summed E-state index contributed by atoms with van der Waals surface area (Å²) in [4.78, 5) is 10.1. The molecule has 0 heterocycles. The van der Waals surface area contributed by atoms with Crippen LogP contribution in [0.4, 0.5) is 5.69 Å². The molecule has 0 atom stereocenters. The lowest BCUT2D eigenvalue weighted by Crippen LogP contribution is -1.94. The van der Waals surface area contributed by atoms with Crippen LogP contribution in [0.15, 0.2) is 12.1 Å². The molecule has 0 saturated carbocycles. The van der Waals surface area contributed by atoms with Gasteiger partial charge in [0.2, 0.25) is 6.41 Å². The number of anilines is 1. The molecule has 0 aromatic heterocycles. The van der Waals surface area contributed by atoms with Crippen LogP contribution in [0.3, 0.4) is 0 Å². The highest BCUT2D eigenvalue weighted by atomic mass is 35.5. The quantitative estimate of drug-likeness (QED) is 0.546. The number of halogens is 1. The summed E-state index contributed by atoms with van der Waals surface area (Å²) in [5.74, 6) is 0.0477. The van der Waals surface area contributed by atoms with E-state index in [2.05, 4.69) is 5.32 Å². The second kappa shape index (κ2) is 3.45. The summed E-state index contributed by atoms with van der Waals surface area (Å²) in [6.45, 7) is 1.71. The van der Waals surface area contributed by atoms with E-state index in [-0.39, 0.29) is 5.75 Å². The lowest BCUT2D eigenvalue weighted by Gasteiger charge is -2.05. The van der Waals surface area contributed by atoms with Crippen molar-refractivity contribution in [3.8, 4) is 5.75 Å². The van der Waals surface area contributed by atoms with Crippen LogP contribution in [0.5, 0.6) is 5.75 Å². The van der Waals surface area contributed by atoms with Crippen molar-refractivity contribution in [2.45, 2.75) is 6.92 Å². The molecule has 64 valence electrons. The fourth-order valence-electron chi connectivity index (χ4n) is 0.909. The van der Waals surface area contributed by atoms with Gasteiger partial charge in [-0.15, -0.1) is 0 Å². The Labute approximate surface area is 75.0 Å². The van der Waals surface area contributed by atoms with Crippen molar-refractivity contribution in [2.75, 3.05) is 5.32 Å². The number of aromatic hydroxyl groups is 1. The zero-order valence-corrected chi connectivity index (χ0v) is 7.22. The minimum absolute atomic E-state index is 0.0477. The minimum Gasteiger partial charge on any atom is -0.505 e. The van der Waals surface area contributed by atoms with E-state index in [4.69, 9.17) is 11.6 Å². The van der Waals surface area contributed by atoms with Gasteiger partial charge in [0.15, 0.2) is 0 Å². The SMILES string of the molecule is Cc1cc(Cl)cc(NC=O)c1O. The van der Waals surface area contributed by atoms with Gasteiger partial charge in [-0.1, -0.05) is 11.6 Å². The van der Waals surface area contributed by atoms with Gasteiger partial charge in [-0.3, -0.25) is 4.79 Å². The molecule has 1 aromatic rings. The summed E-state index contributed by atoms with van der Waals surface area (Å²) in [5, 5.41) is 12.2. The van der Waals surface area contributed by atoms with Crippen molar-refractivity contribution in [2.24, 2.45) is 0 Å². The number of phenolic OH excluding ortho intramolecular Hbond substituents is 1. The highest BCUT2D eigenvalue weighted by molar-refractivity contribution is 6.31. The normalized spacial score (nSPS) is 9.50. The highest BCUT2D eigenvalue weighted by Gasteiger charge is 2.04. The summed E-state index contributed by atoms with van der Waals surface area (Å²) >= 11 is 5.69. The molecule has 1 rings (SSSR count). The van der Waals surface area contributed by atoms with Crippen LogP contribution < -0.4 is 5.32 Å². The Morgan fingerprint density at radius 2 is 2.25 bits per heavy atom. The predicted octanol–water partition coefficient (Wildman–Crippen LogP) is 1.92. The third-order valence-electron chi connectivity index (χ3n) is 1.48. The number of nitrogens with one attached hydrogen (secondary N) is 1. The van der Waals surface area contributed by atoms with Crippen molar-refractivity contribution in [3.05, 3.63) is 22.7 Å². The zero-order valence-electron chi connectivity index (χ0n) is 6.47. The molecule has 0 unspecified atom stereocenters. The molecular formula is C8H8ClNO2. The van der Waals surface area contributed by atoms with Crippen LogP contribution in [-0.2, 0) is 4.79 Å². The maximum atomic E-state index is 10.1. The first-order valence-electron chi connectivity index (χ1n) is 3.34. The Morgan fingerprint density at radius 3 is 2.83 bits per heavy atom. The number of phenols is 1. The Morgan fingerprint density at radius 1 is 1.58 bits per heavy atom. The average molecular weight is 186 g/mol. The first-order chi connectivity index (χ1) is 5.65. The van der Waals surface area contributed by atoms with E-state index < -0.39 is 0 Å². The van der Waals surface area contributed by atoms with E-state index in [1.54, 1.807) is 13.0 Å². The van der Waals surface area contributed by atoms with Crippen molar-refractivity contribution < 1.29 is 9.90 Å². The predicted molar refractivity (Wildman–Crippen MR) is 47.5 cm³/mol. The molecule has 0 radical (unpaired) electrons. The molecule has 0 aliphatic heterocycles. The number of rotatable bonds is 2. The minimum atomic E-state index is 0.0477. The van der Waals surface area contributed by atoms with Crippen LogP contribution in [0, 0.1) is 6.92 Å². The smallest absolute Gasteiger partial charge is 0.211 e. The van der Waals surface area contributed by atoms with Crippen molar-refractivity contribution in [1.82, 2.24) is 0 Å². The molecule has 3 nitrogen and oxygen atoms in total. The van der Waals surface area contributed by atoms with Gasteiger partial charge in [0.25, 0.3) is 0 Å².